The van der Waals surface area contributed by atoms with Crippen LogP contribution in [0.2, 0.25) is 10.0 Å². The summed E-state index contributed by atoms with van der Waals surface area (Å²) in [7, 11) is 1.53. The number of methoxy groups -OCH3 is 1. The molecule has 4 heteroatoms. The minimum Gasteiger partial charge on any atom is -0.507 e. The lowest BCUT2D eigenvalue weighted by Crippen LogP contribution is -1.87. The van der Waals surface area contributed by atoms with Crippen molar-refractivity contribution < 1.29 is 9.84 Å². The lowest BCUT2D eigenvalue weighted by atomic mass is 10.1. The molecule has 0 saturated heterocycles. The first-order valence-corrected chi connectivity index (χ1v) is 5.04. The fourth-order valence-electron chi connectivity index (χ4n) is 1.57. The smallest absolute Gasteiger partial charge is 0.145 e. The molecule has 78 valence electrons. The van der Waals surface area contributed by atoms with Gasteiger partial charge in [-0.05, 0) is 12.1 Å². The number of fused-ring (bicyclic) bond motifs is 1. The summed E-state index contributed by atoms with van der Waals surface area (Å²) >= 11 is 12.0. The third-order valence-electron chi connectivity index (χ3n) is 2.20. The van der Waals surface area contributed by atoms with E-state index in [0.29, 0.717) is 26.6 Å². The van der Waals surface area contributed by atoms with E-state index >= 15 is 0 Å². The van der Waals surface area contributed by atoms with Gasteiger partial charge in [0.1, 0.15) is 11.5 Å². The second-order valence-corrected chi connectivity index (χ2v) is 3.89. The highest BCUT2D eigenvalue weighted by Crippen LogP contribution is 2.41. The van der Waals surface area contributed by atoms with Crippen molar-refractivity contribution in [2.75, 3.05) is 7.11 Å². The molecule has 0 aliphatic heterocycles. The first-order chi connectivity index (χ1) is 7.15. The normalized spacial score (nSPS) is 10.6. The van der Waals surface area contributed by atoms with Gasteiger partial charge in [-0.15, -0.1) is 0 Å². The summed E-state index contributed by atoms with van der Waals surface area (Å²) in [6.07, 6.45) is 0. The Labute approximate surface area is 97.0 Å². The maximum atomic E-state index is 9.68. The van der Waals surface area contributed by atoms with E-state index in [1.54, 1.807) is 24.3 Å². The van der Waals surface area contributed by atoms with Crippen LogP contribution in [0, 0.1) is 0 Å². The monoisotopic (exact) mass is 242 g/mol. The van der Waals surface area contributed by atoms with Crippen LogP contribution in [0.4, 0.5) is 0 Å². The molecule has 0 unspecified atom stereocenters. The Hall–Kier alpha value is -1.12. The molecule has 0 radical (unpaired) electrons. The Bertz CT molecular complexity index is 523. The molecule has 0 atom stereocenters. The van der Waals surface area contributed by atoms with E-state index in [4.69, 9.17) is 27.9 Å². The molecule has 0 aliphatic rings. The summed E-state index contributed by atoms with van der Waals surface area (Å²) < 4.78 is 5.17. The van der Waals surface area contributed by atoms with E-state index in [2.05, 4.69) is 0 Å². The zero-order valence-electron chi connectivity index (χ0n) is 7.92. The van der Waals surface area contributed by atoms with Gasteiger partial charge in [-0.2, -0.15) is 0 Å². The highest BCUT2D eigenvalue weighted by molar-refractivity contribution is 6.40. The average Bonchev–Trinajstić information content (AvgIpc) is 2.17. The van der Waals surface area contributed by atoms with Crippen molar-refractivity contribution in [2.45, 2.75) is 0 Å². The van der Waals surface area contributed by atoms with E-state index in [-0.39, 0.29) is 5.75 Å². The summed E-state index contributed by atoms with van der Waals surface area (Å²) in [5, 5.41) is 11.8. The summed E-state index contributed by atoms with van der Waals surface area (Å²) in [5.74, 6) is 0.638. The predicted octanol–water partition coefficient (Wildman–Crippen LogP) is 3.86. The zero-order valence-corrected chi connectivity index (χ0v) is 9.43. The third kappa shape index (κ3) is 1.60. The Morgan fingerprint density at radius 2 is 1.93 bits per heavy atom. The van der Waals surface area contributed by atoms with Crippen LogP contribution in [-0.2, 0) is 0 Å². The number of phenolic OH excluding ortho intramolecular Hbond substituents is 1. The SMILES string of the molecule is COc1c(Cl)cc(Cl)c2c(O)cccc12. The van der Waals surface area contributed by atoms with Crippen LogP contribution < -0.4 is 4.74 Å². The van der Waals surface area contributed by atoms with Gasteiger partial charge in [0.05, 0.1) is 17.2 Å². The second-order valence-electron chi connectivity index (χ2n) is 3.07. The van der Waals surface area contributed by atoms with Crippen LogP contribution in [0.5, 0.6) is 11.5 Å². The minimum atomic E-state index is 0.118. The second kappa shape index (κ2) is 3.80. The molecule has 2 nitrogen and oxygen atoms in total. The van der Waals surface area contributed by atoms with E-state index < -0.39 is 0 Å². The van der Waals surface area contributed by atoms with Crippen LogP contribution in [-0.4, -0.2) is 12.2 Å². The summed E-state index contributed by atoms with van der Waals surface area (Å²) in [6.45, 7) is 0. The molecule has 15 heavy (non-hydrogen) atoms. The molecule has 0 bridgehead atoms. The summed E-state index contributed by atoms with van der Waals surface area (Å²) in [6, 6.07) is 6.64. The first kappa shape index (κ1) is 10.4. The number of ether oxygens (including phenoxy) is 1. The van der Waals surface area contributed by atoms with Gasteiger partial charge in [0.25, 0.3) is 0 Å². The fourth-order valence-corrected chi connectivity index (χ4v) is 2.22. The Balaban J connectivity index is 2.96. The van der Waals surface area contributed by atoms with Crippen LogP contribution in [0.25, 0.3) is 10.8 Å². The lowest BCUT2D eigenvalue weighted by Gasteiger charge is -2.10. The van der Waals surface area contributed by atoms with Crippen molar-refractivity contribution in [2.24, 2.45) is 0 Å². The van der Waals surface area contributed by atoms with Gasteiger partial charge >= 0.3 is 0 Å². The number of benzene rings is 2. The molecular formula is C11H8Cl2O2. The molecule has 0 aromatic heterocycles. The van der Waals surface area contributed by atoms with Gasteiger partial charge in [0, 0.05) is 10.8 Å². The zero-order chi connectivity index (χ0) is 11.0. The van der Waals surface area contributed by atoms with Crippen molar-refractivity contribution in [1.29, 1.82) is 0 Å². The highest BCUT2D eigenvalue weighted by atomic mass is 35.5. The van der Waals surface area contributed by atoms with Gasteiger partial charge in [0.2, 0.25) is 0 Å². The predicted molar refractivity (Wildman–Crippen MR) is 62.2 cm³/mol. The van der Waals surface area contributed by atoms with Crippen molar-refractivity contribution in [3.8, 4) is 11.5 Å². The summed E-state index contributed by atoms with van der Waals surface area (Å²) in [4.78, 5) is 0. The molecular weight excluding hydrogens is 235 g/mol. The van der Waals surface area contributed by atoms with Crippen LogP contribution in [0.3, 0.4) is 0 Å². The number of aromatic hydroxyl groups is 1. The summed E-state index contributed by atoms with van der Waals surface area (Å²) in [5.41, 5.74) is 0. The largest absolute Gasteiger partial charge is 0.507 e. The number of halogens is 2. The molecule has 2 aromatic carbocycles. The Kier molecular flexibility index (Phi) is 2.63. The quantitative estimate of drug-likeness (QED) is 0.823. The van der Waals surface area contributed by atoms with Crippen molar-refractivity contribution in [1.82, 2.24) is 0 Å². The minimum absolute atomic E-state index is 0.118. The maximum Gasteiger partial charge on any atom is 0.145 e. The van der Waals surface area contributed by atoms with Gasteiger partial charge in [0.15, 0.2) is 0 Å². The van der Waals surface area contributed by atoms with Crippen molar-refractivity contribution >= 4 is 34.0 Å². The van der Waals surface area contributed by atoms with Gasteiger partial charge < -0.3 is 9.84 Å². The van der Waals surface area contributed by atoms with Gasteiger partial charge in [-0.3, -0.25) is 0 Å². The molecule has 0 heterocycles. The number of hydrogen-bond acceptors (Lipinski definition) is 2. The maximum absolute atomic E-state index is 9.68. The molecule has 2 aromatic rings. The van der Waals surface area contributed by atoms with E-state index in [9.17, 15) is 5.11 Å². The van der Waals surface area contributed by atoms with E-state index in [1.165, 1.54) is 7.11 Å². The van der Waals surface area contributed by atoms with Crippen LogP contribution in [0.1, 0.15) is 0 Å². The molecule has 0 aliphatic carbocycles. The molecule has 0 amide bonds. The number of phenols is 1. The molecule has 1 N–H and O–H groups in total. The number of rotatable bonds is 1. The third-order valence-corrected chi connectivity index (χ3v) is 2.78. The molecule has 0 spiro atoms. The van der Waals surface area contributed by atoms with Crippen LogP contribution in [0.15, 0.2) is 24.3 Å². The van der Waals surface area contributed by atoms with Gasteiger partial charge in [-0.25, -0.2) is 0 Å². The van der Waals surface area contributed by atoms with Crippen molar-refractivity contribution in [3.63, 3.8) is 0 Å². The van der Waals surface area contributed by atoms with Crippen molar-refractivity contribution in [3.05, 3.63) is 34.3 Å². The highest BCUT2D eigenvalue weighted by Gasteiger charge is 2.12. The molecule has 0 saturated carbocycles. The molecule has 0 fully saturated rings. The average molecular weight is 243 g/mol. The Morgan fingerprint density at radius 1 is 1.20 bits per heavy atom. The topological polar surface area (TPSA) is 29.5 Å². The Morgan fingerprint density at radius 3 is 2.60 bits per heavy atom. The first-order valence-electron chi connectivity index (χ1n) is 4.29. The van der Waals surface area contributed by atoms with E-state index in [0.717, 1.165) is 0 Å². The fraction of sp³-hybridized carbons (Fsp3) is 0.0909. The van der Waals surface area contributed by atoms with Crippen LogP contribution >= 0.6 is 23.2 Å². The van der Waals surface area contributed by atoms with E-state index in [1.807, 2.05) is 0 Å². The standard InChI is InChI=1S/C11H8Cl2O2/c1-15-11-6-3-2-4-9(14)10(6)7(12)5-8(11)13/h2-5,14H,1H3. The van der Waals surface area contributed by atoms with Gasteiger partial charge in [-0.1, -0.05) is 35.3 Å². The lowest BCUT2D eigenvalue weighted by molar-refractivity contribution is 0.419. The number of hydrogen-bond donors (Lipinski definition) is 1. The molecule has 2 rings (SSSR count).